The summed E-state index contributed by atoms with van der Waals surface area (Å²) in [6, 6.07) is 4.81. The van der Waals surface area contributed by atoms with Crippen LogP contribution in [-0.4, -0.2) is 0 Å². The summed E-state index contributed by atoms with van der Waals surface area (Å²) in [6.07, 6.45) is 3.21. The van der Waals surface area contributed by atoms with Crippen LogP contribution >= 0.6 is 23.2 Å². The second-order valence-electron chi connectivity index (χ2n) is 3.24. The highest BCUT2D eigenvalue weighted by atomic mass is 35.5. The first-order valence-corrected chi connectivity index (χ1v) is 5.32. The maximum absolute atomic E-state index is 13.1. The number of nitrogens with one attached hydrogen (secondary N) is 1. The largest absolute Gasteiger partial charge is 0.472 e. The lowest BCUT2D eigenvalue weighted by molar-refractivity contribution is 0.564. The van der Waals surface area contributed by atoms with Gasteiger partial charge in [-0.25, -0.2) is 4.39 Å². The first kappa shape index (κ1) is 11.3. The van der Waals surface area contributed by atoms with Crippen LogP contribution < -0.4 is 5.32 Å². The lowest BCUT2D eigenvalue weighted by Crippen LogP contribution is -1.98. The Bertz CT molecular complexity index is 462. The van der Waals surface area contributed by atoms with Gasteiger partial charge in [0.1, 0.15) is 0 Å². The average molecular weight is 260 g/mol. The van der Waals surface area contributed by atoms with Crippen molar-refractivity contribution in [1.29, 1.82) is 0 Å². The Balaban J connectivity index is 2.10. The van der Waals surface area contributed by atoms with Crippen molar-refractivity contribution in [2.24, 2.45) is 0 Å². The Labute approximate surface area is 102 Å². The second-order valence-corrected chi connectivity index (χ2v) is 4.05. The molecule has 0 amide bonds. The van der Waals surface area contributed by atoms with Gasteiger partial charge in [-0.3, -0.25) is 0 Å². The molecule has 0 fully saturated rings. The van der Waals surface area contributed by atoms with Crippen LogP contribution in [0.2, 0.25) is 10.0 Å². The molecule has 0 aliphatic heterocycles. The summed E-state index contributed by atoms with van der Waals surface area (Å²) in [5.41, 5.74) is 1.65. The summed E-state index contributed by atoms with van der Waals surface area (Å²) < 4.78 is 18.0. The van der Waals surface area contributed by atoms with Crippen molar-refractivity contribution >= 4 is 28.9 Å². The van der Waals surface area contributed by atoms with E-state index in [1.54, 1.807) is 12.5 Å². The molecule has 0 unspecified atom stereocenters. The molecule has 16 heavy (non-hydrogen) atoms. The van der Waals surface area contributed by atoms with E-state index in [0.717, 1.165) is 5.56 Å². The highest BCUT2D eigenvalue weighted by Gasteiger charge is 2.07. The highest BCUT2D eigenvalue weighted by molar-refractivity contribution is 6.35. The SMILES string of the molecule is Fc1c(Cl)cc(NCc2ccoc2)cc1Cl. The van der Waals surface area contributed by atoms with E-state index in [0.29, 0.717) is 12.2 Å². The van der Waals surface area contributed by atoms with Crippen LogP contribution in [0.25, 0.3) is 0 Å². The van der Waals surface area contributed by atoms with Gasteiger partial charge in [0.05, 0.1) is 22.6 Å². The summed E-state index contributed by atoms with van der Waals surface area (Å²) in [5.74, 6) is -0.600. The highest BCUT2D eigenvalue weighted by Crippen LogP contribution is 2.27. The molecule has 0 spiro atoms. The van der Waals surface area contributed by atoms with E-state index < -0.39 is 5.82 Å². The van der Waals surface area contributed by atoms with E-state index in [2.05, 4.69) is 5.32 Å². The smallest absolute Gasteiger partial charge is 0.160 e. The van der Waals surface area contributed by atoms with E-state index >= 15 is 0 Å². The Morgan fingerprint density at radius 3 is 2.50 bits per heavy atom. The van der Waals surface area contributed by atoms with Crippen LogP contribution in [0.5, 0.6) is 0 Å². The van der Waals surface area contributed by atoms with E-state index in [1.165, 1.54) is 12.1 Å². The van der Waals surface area contributed by atoms with Crippen LogP contribution in [0.1, 0.15) is 5.56 Å². The van der Waals surface area contributed by atoms with Gasteiger partial charge < -0.3 is 9.73 Å². The maximum atomic E-state index is 13.1. The second kappa shape index (κ2) is 4.76. The van der Waals surface area contributed by atoms with Gasteiger partial charge in [0.2, 0.25) is 0 Å². The minimum Gasteiger partial charge on any atom is -0.472 e. The van der Waals surface area contributed by atoms with E-state index in [1.807, 2.05) is 6.07 Å². The van der Waals surface area contributed by atoms with Crippen molar-refractivity contribution in [2.75, 3.05) is 5.32 Å². The molecule has 1 aromatic carbocycles. The summed E-state index contributed by atoms with van der Waals surface area (Å²) in [4.78, 5) is 0. The molecule has 1 heterocycles. The van der Waals surface area contributed by atoms with Crippen LogP contribution in [0.3, 0.4) is 0 Å². The van der Waals surface area contributed by atoms with Crippen LogP contribution in [-0.2, 0) is 6.54 Å². The van der Waals surface area contributed by atoms with Crippen molar-refractivity contribution in [1.82, 2.24) is 0 Å². The number of hydrogen-bond acceptors (Lipinski definition) is 2. The molecule has 1 N–H and O–H groups in total. The van der Waals surface area contributed by atoms with Crippen LogP contribution in [0, 0.1) is 5.82 Å². The number of halogens is 3. The molecule has 1 aromatic heterocycles. The quantitative estimate of drug-likeness (QED) is 0.830. The molecule has 2 rings (SSSR count). The van der Waals surface area contributed by atoms with E-state index in [-0.39, 0.29) is 10.0 Å². The molecule has 0 bridgehead atoms. The number of hydrogen-bond donors (Lipinski definition) is 1. The first-order chi connectivity index (χ1) is 7.66. The fourth-order valence-corrected chi connectivity index (χ4v) is 1.74. The molecule has 0 aliphatic carbocycles. The lowest BCUT2D eigenvalue weighted by atomic mass is 10.3. The van der Waals surface area contributed by atoms with Crippen molar-refractivity contribution < 1.29 is 8.81 Å². The summed E-state index contributed by atoms with van der Waals surface area (Å²) in [5, 5.41) is 3.06. The molecular formula is C11H8Cl2FNO. The van der Waals surface area contributed by atoms with Gasteiger partial charge in [0.25, 0.3) is 0 Å². The third-order valence-electron chi connectivity index (χ3n) is 2.06. The zero-order chi connectivity index (χ0) is 11.5. The molecular weight excluding hydrogens is 252 g/mol. The van der Waals surface area contributed by atoms with Crippen LogP contribution in [0.4, 0.5) is 10.1 Å². The summed E-state index contributed by atoms with van der Waals surface area (Å²) in [7, 11) is 0. The van der Waals surface area contributed by atoms with Gasteiger partial charge >= 0.3 is 0 Å². The van der Waals surface area contributed by atoms with Crippen molar-refractivity contribution in [2.45, 2.75) is 6.54 Å². The summed E-state index contributed by atoms with van der Waals surface area (Å²) in [6.45, 7) is 0.564. The van der Waals surface area contributed by atoms with Gasteiger partial charge in [-0.15, -0.1) is 0 Å². The molecule has 0 radical (unpaired) electrons. The monoisotopic (exact) mass is 259 g/mol. The normalized spacial score (nSPS) is 10.4. The standard InChI is InChI=1S/C11H8Cl2FNO/c12-9-3-8(4-10(13)11(9)14)15-5-7-1-2-16-6-7/h1-4,6,15H,5H2. The van der Waals surface area contributed by atoms with Gasteiger partial charge in [0, 0.05) is 17.8 Å². The molecule has 0 saturated carbocycles. The maximum Gasteiger partial charge on any atom is 0.160 e. The zero-order valence-electron chi connectivity index (χ0n) is 8.14. The predicted molar refractivity (Wildman–Crippen MR) is 62.5 cm³/mol. The van der Waals surface area contributed by atoms with Gasteiger partial charge in [0.15, 0.2) is 5.82 Å². The molecule has 2 aromatic rings. The third-order valence-corrected chi connectivity index (χ3v) is 2.61. The zero-order valence-corrected chi connectivity index (χ0v) is 9.65. The van der Waals surface area contributed by atoms with Gasteiger partial charge in [-0.05, 0) is 18.2 Å². The molecule has 0 saturated heterocycles. The fraction of sp³-hybridized carbons (Fsp3) is 0.0909. The molecule has 0 aliphatic rings. The van der Waals surface area contributed by atoms with E-state index in [9.17, 15) is 4.39 Å². The Kier molecular flexibility index (Phi) is 3.36. The van der Waals surface area contributed by atoms with Gasteiger partial charge in [-0.2, -0.15) is 0 Å². The molecule has 84 valence electrons. The average Bonchev–Trinajstić information content (AvgIpc) is 2.75. The molecule has 2 nitrogen and oxygen atoms in total. The Hall–Kier alpha value is -1.19. The molecule has 5 heteroatoms. The Morgan fingerprint density at radius 2 is 1.94 bits per heavy atom. The molecule has 0 atom stereocenters. The summed E-state index contributed by atoms with van der Waals surface area (Å²) >= 11 is 11.3. The van der Waals surface area contributed by atoms with Crippen molar-refractivity contribution in [3.8, 4) is 0 Å². The number of furan rings is 1. The van der Waals surface area contributed by atoms with E-state index in [4.69, 9.17) is 27.6 Å². The van der Waals surface area contributed by atoms with Gasteiger partial charge in [-0.1, -0.05) is 23.2 Å². The number of anilines is 1. The predicted octanol–water partition coefficient (Wildman–Crippen LogP) is 4.34. The van der Waals surface area contributed by atoms with Crippen molar-refractivity contribution in [3.05, 3.63) is 52.2 Å². The minimum atomic E-state index is -0.600. The van der Waals surface area contributed by atoms with Crippen LogP contribution in [0.15, 0.2) is 35.1 Å². The Morgan fingerprint density at radius 1 is 1.25 bits per heavy atom. The lowest BCUT2D eigenvalue weighted by Gasteiger charge is -2.06. The minimum absolute atomic E-state index is 0.00203. The third kappa shape index (κ3) is 2.49. The number of rotatable bonds is 3. The topological polar surface area (TPSA) is 25.2 Å². The fourth-order valence-electron chi connectivity index (χ4n) is 1.25. The first-order valence-electron chi connectivity index (χ1n) is 4.56. The van der Waals surface area contributed by atoms with Crippen molar-refractivity contribution in [3.63, 3.8) is 0 Å². The number of benzene rings is 1.